The van der Waals surface area contributed by atoms with Crippen LogP contribution in [0, 0.1) is 17.5 Å². The van der Waals surface area contributed by atoms with Crippen molar-refractivity contribution in [2.24, 2.45) is 0 Å². The third-order valence-electron chi connectivity index (χ3n) is 3.67. The van der Waals surface area contributed by atoms with Crippen molar-refractivity contribution in [1.29, 1.82) is 0 Å². The van der Waals surface area contributed by atoms with E-state index in [2.05, 4.69) is 0 Å². The lowest BCUT2D eigenvalue weighted by atomic mass is 10.2. The molecule has 0 saturated carbocycles. The van der Waals surface area contributed by atoms with E-state index in [-0.39, 0.29) is 4.90 Å². The summed E-state index contributed by atoms with van der Waals surface area (Å²) in [6.07, 6.45) is 0. The predicted octanol–water partition coefficient (Wildman–Crippen LogP) is 6.15. The van der Waals surface area contributed by atoms with Crippen molar-refractivity contribution in [3.63, 3.8) is 0 Å². The van der Waals surface area contributed by atoms with Crippen LogP contribution < -0.4 is 0 Å². The van der Waals surface area contributed by atoms with Crippen molar-refractivity contribution in [2.45, 2.75) is 0 Å². The van der Waals surface area contributed by atoms with Gasteiger partial charge in [0, 0.05) is 33.4 Å². The van der Waals surface area contributed by atoms with Crippen LogP contribution in [0.15, 0.2) is 60.7 Å². The summed E-state index contributed by atoms with van der Waals surface area (Å²) >= 11 is 0. The Bertz CT molecular complexity index is 941. The lowest BCUT2D eigenvalue weighted by molar-refractivity contribution is 0.551. The monoisotopic (exact) mass is 315 g/mol. The van der Waals surface area contributed by atoms with Crippen LogP contribution in [-0.4, -0.2) is 0 Å². The molecule has 0 fully saturated rings. The fraction of sp³-hybridized carbons (Fsp3) is 0. The molecule has 1 heterocycles. The fourth-order valence-corrected chi connectivity index (χ4v) is 5.21. The van der Waals surface area contributed by atoms with Crippen LogP contribution >= 0.6 is 10.5 Å². The van der Waals surface area contributed by atoms with Crippen LogP contribution in [0.5, 0.6) is 0 Å². The van der Waals surface area contributed by atoms with Gasteiger partial charge in [-0.05, 0) is 24.3 Å². The molecule has 1 aromatic heterocycles. The van der Waals surface area contributed by atoms with Crippen LogP contribution in [0.4, 0.5) is 13.2 Å². The highest BCUT2D eigenvalue weighted by Gasteiger charge is 2.29. The Balaban J connectivity index is 2.23. The third-order valence-corrected chi connectivity index (χ3v) is 6.06. The number of fused-ring (bicyclic) bond motifs is 3. The lowest BCUT2D eigenvalue weighted by Crippen LogP contribution is -1.89. The molecule has 3 aromatic carbocycles. The minimum Gasteiger partial charge on any atom is -0.207 e. The molecule has 0 amide bonds. The maximum Gasteiger partial charge on any atom is 0.250 e. The molecule has 4 rings (SSSR count). The molecule has 4 heteroatoms. The van der Waals surface area contributed by atoms with E-state index >= 15 is 0 Å². The molecule has 0 aliphatic rings. The Morgan fingerprint density at radius 2 is 1.09 bits per heavy atom. The number of hydrogen-bond donors (Lipinski definition) is 0. The van der Waals surface area contributed by atoms with Gasteiger partial charge in [0.15, 0.2) is 21.0 Å². The highest BCUT2D eigenvalue weighted by molar-refractivity contribution is 7.50. The zero-order valence-electron chi connectivity index (χ0n) is 11.3. The number of halogens is 3. The van der Waals surface area contributed by atoms with Gasteiger partial charge in [-0.25, -0.2) is 13.2 Å². The van der Waals surface area contributed by atoms with E-state index in [9.17, 15) is 13.2 Å². The SMILES string of the molecule is Fc1cc(F)c(-[s+]2c3ccccc3c3ccccc32)c(F)c1. The summed E-state index contributed by atoms with van der Waals surface area (Å²) in [5.74, 6) is -2.58. The van der Waals surface area contributed by atoms with Crippen LogP contribution in [-0.2, 0) is 0 Å². The zero-order chi connectivity index (χ0) is 15.3. The molecule has 4 aromatic rings. The Hall–Kier alpha value is -2.33. The molecular formula is C18H10F3S+. The van der Waals surface area contributed by atoms with E-state index in [1.165, 1.54) is 0 Å². The van der Waals surface area contributed by atoms with Gasteiger partial charge in [0.25, 0.3) is 4.90 Å². The Labute approximate surface area is 127 Å². The summed E-state index contributed by atoms with van der Waals surface area (Å²) in [4.78, 5) is -0.0706. The zero-order valence-corrected chi connectivity index (χ0v) is 12.1. The maximum atomic E-state index is 14.3. The second kappa shape index (κ2) is 4.85. The van der Waals surface area contributed by atoms with Crippen LogP contribution in [0.25, 0.3) is 25.1 Å². The first kappa shape index (κ1) is 13.3. The van der Waals surface area contributed by atoms with Crippen LogP contribution in [0.3, 0.4) is 0 Å². The molecule has 0 aliphatic heterocycles. The van der Waals surface area contributed by atoms with E-state index in [0.717, 1.165) is 32.3 Å². The molecule has 0 nitrogen and oxygen atoms in total. The Morgan fingerprint density at radius 3 is 1.59 bits per heavy atom. The fourth-order valence-electron chi connectivity index (χ4n) is 2.80. The largest absolute Gasteiger partial charge is 0.250 e. The van der Waals surface area contributed by atoms with Crippen molar-refractivity contribution in [1.82, 2.24) is 0 Å². The molecule has 0 radical (unpaired) electrons. The van der Waals surface area contributed by atoms with Gasteiger partial charge in [-0.15, -0.1) is 0 Å². The topological polar surface area (TPSA) is 0 Å². The molecule has 0 spiro atoms. The standard InChI is InChI=1S/C18H10F3S/c19-11-9-14(20)18(15(21)10-11)22-16-7-3-1-5-12(16)13-6-2-4-8-17(13)22/h1-10H/q+1. The number of benzene rings is 3. The lowest BCUT2D eigenvalue weighted by Gasteiger charge is -1.98. The van der Waals surface area contributed by atoms with Gasteiger partial charge in [-0.2, -0.15) is 0 Å². The number of hydrogen-bond acceptors (Lipinski definition) is 0. The summed E-state index contributed by atoms with van der Waals surface area (Å²) in [5, 5.41) is 1.95. The van der Waals surface area contributed by atoms with Gasteiger partial charge < -0.3 is 0 Å². The maximum absolute atomic E-state index is 14.3. The average molecular weight is 315 g/mol. The molecule has 22 heavy (non-hydrogen) atoms. The normalized spacial score (nSPS) is 11.4. The second-order valence-electron chi connectivity index (χ2n) is 5.00. The van der Waals surface area contributed by atoms with Gasteiger partial charge in [0.2, 0.25) is 0 Å². The summed E-state index contributed by atoms with van der Waals surface area (Å²) in [7, 11) is -0.889. The van der Waals surface area contributed by atoms with Crippen molar-refractivity contribution in [3.05, 3.63) is 78.1 Å². The van der Waals surface area contributed by atoms with Crippen molar-refractivity contribution >= 4 is 30.6 Å². The molecule has 0 N–H and O–H groups in total. The molecule has 0 bridgehead atoms. The smallest absolute Gasteiger partial charge is 0.207 e. The van der Waals surface area contributed by atoms with Crippen LogP contribution in [0.1, 0.15) is 0 Å². The predicted molar refractivity (Wildman–Crippen MR) is 85.1 cm³/mol. The van der Waals surface area contributed by atoms with Crippen molar-refractivity contribution in [3.8, 4) is 4.90 Å². The number of rotatable bonds is 1. The first-order valence-electron chi connectivity index (χ1n) is 6.74. The molecule has 0 saturated heterocycles. The van der Waals surface area contributed by atoms with Gasteiger partial charge >= 0.3 is 0 Å². The highest BCUT2D eigenvalue weighted by Crippen LogP contribution is 2.49. The minimum atomic E-state index is -0.900. The summed E-state index contributed by atoms with van der Waals surface area (Å²) in [6, 6.07) is 16.6. The van der Waals surface area contributed by atoms with Crippen molar-refractivity contribution < 1.29 is 13.2 Å². The molecule has 108 valence electrons. The van der Waals surface area contributed by atoms with E-state index in [1.54, 1.807) is 0 Å². The summed E-state index contributed by atoms with van der Waals surface area (Å²) < 4.78 is 43.5. The first-order chi connectivity index (χ1) is 10.7. The molecule has 0 aliphatic carbocycles. The highest BCUT2D eigenvalue weighted by atomic mass is 32.2. The number of thiophene rings is 1. The average Bonchev–Trinajstić information content (AvgIpc) is 2.82. The van der Waals surface area contributed by atoms with E-state index < -0.39 is 27.9 Å². The quantitative estimate of drug-likeness (QED) is 0.370. The van der Waals surface area contributed by atoms with Gasteiger partial charge in [-0.3, -0.25) is 0 Å². The van der Waals surface area contributed by atoms with Gasteiger partial charge in [0.1, 0.15) is 5.82 Å². The van der Waals surface area contributed by atoms with Gasteiger partial charge in [0.05, 0.1) is 0 Å². The molecule has 0 atom stereocenters. The van der Waals surface area contributed by atoms with Crippen LogP contribution in [0.2, 0.25) is 0 Å². The summed E-state index contributed by atoms with van der Waals surface area (Å²) in [5.41, 5.74) is 0. The summed E-state index contributed by atoms with van der Waals surface area (Å²) in [6.45, 7) is 0. The molecule has 0 unspecified atom stereocenters. The van der Waals surface area contributed by atoms with E-state index in [1.807, 2.05) is 48.5 Å². The van der Waals surface area contributed by atoms with E-state index in [0.29, 0.717) is 0 Å². The molecular weight excluding hydrogens is 305 g/mol. The van der Waals surface area contributed by atoms with Crippen molar-refractivity contribution in [2.75, 3.05) is 0 Å². The Kier molecular flexibility index (Phi) is 2.94. The third kappa shape index (κ3) is 1.84. The van der Waals surface area contributed by atoms with Gasteiger partial charge in [-0.1, -0.05) is 24.3 Å². The minimum absolute atomic E-state index is 0.0706. The van der Waals surface area contributed by atoms with E-state index in [4.69, 9.17) is 0 Å². The Morgan fingerprint density at radius 1 is 0.636 bits per heavy atom. The second-order valence-corrected chi connectivity index (χ2v) is 6.90. The first-order valence-corrected chi connectivity index (χ1v) is 7.96.